The summed E-state index contributed by atoms with van der Waals surface area (Å²) in [6, 6.07) is 28.9. The molecule has 2 heterocycles. The van der Waals surface area contributed by atoms with Crippen molar-refractivity contribution in [1.82, 2.24) is 0 Å². The zero-order valence-corrected chi connectivity index (χ0v) is 24.5. The standard InChI is InChI=1S/C35H22F6S2/c1-19-29(25-15-13-23(17-27(25)42-19)21-9-5-3-6-10-21)31-32(34(38,39)35(40,41)33(31,36)37)30-20(2)43-28-18-24(14-16-26(28)30)22-11-7-4-8-12-22/h3-18H,1-2H3. The number of hydrogen-bond donors (Lipinski definition) is 0. The van der Waals surface area contributed by atoms with Gasteiger partial charge < -0.3 is 0 Å². The average Bonchev–Trinajstić information content (AvgIpc) is 3.52. The van der Waals surface area contributed by atoms with Gasteiger partial charge in [-0.25, -0.2) is 0 Å². The molecule has 0 nitrogen and oxygen atoms in total. The van der Waals surface area contributed by atoms with Crippen LogP contribution in [0.15, 0.2) is 97.1 Å². The molecular formula is C35H22F6S2. The number of thiophene rings is 2. The Hall–Kier alpha value is -3.88. The fourth-order valence-electron chi connectivity index (χ4n) is 6.07. The molecule has 0 saturated carbocycles. The predicted octanol–water partition coefficient (Wildman–Crippen LogP) is 11.9. The van der Waals surface area contributed by atoms with Crippen LogP contribution in [0, 0.1) is 13.8 Å². The van der Waals surface area contributed by atoms with Crippen LogP contribution in [0.25, 0.3) is 53.6 Å². The van der Waals surface area contributed by atoms with E-state index in [2.05, 4.69) is 0 Å². The Labute approximate surface area is 251 Å². The molecule has 0 fully saturated rings. The van der Waals surface area contributed by atoms with Crippen LogP contribution in [0.3, 0.4) is 0 Å². The molecule has 0 saturated heterocycles. The second kappa shape index (κ2) is 9.56. The summed E-state index contributed by atoms with van der Waals surface area (Å²) in [5.74, 6) is -15.9. The van der Waals surface area contributed by atoms with Gasteiger partial charge in [-0.1, -0.05) is 84.9 Å². The number of alkyl halides is 6. The minimum atomic E-state index is -5.62. The molecule has 0 bridgehead atoms. The number of hydrogen-bond acceptors (Lipinski definition) is 2. The molecule has 0 spiro atoms. The topological polar surface area (TPSA) is 0 Å². The molecule has 8 heteroatoms. The van der Waals surface area contributed by atoms with E-state index in [0.717, 1.165) is 44.9 Å². The van der Waals surface area contributed by atoms with Gasteiger partial charge in [0, 0.05) is 52.2 Å². The third-order valence-corrected chi connectivity index (χ3v) is 10.2. The highest BCUT2D eigenvalue weighted by atomic mass is 32.1. The fourth-order valence-corrected chi connectivity index (χ4v) is 8.29. The summed E-state index contributed by atoms with van der Waals surface area (Å²) < 4.78 is 95.2. The molecule has 0 unspecified atom stereocenters. The van der Waals surface area contributed by atoms with Gasteiger partial charge in [-0.3, -0.25) is 0 Å². The third-order valence-electron chi connectivity index (χ3n) is 8.11. The van der Waals surface area contributed by atoms with E-state index < -0.39 is 28.9 Å². The van der Waals surface area contributed by atoms with Crippen LogP contribution in [0.1, 0.15) is 20.9 Å². The SMILES string of the molecule is Cc1sc2cc(-c3ccccc3)ccc2c1C1=C(c2c(C)sc3cc(-c4ccccc4)ccc23)C(F)(F)C(F)(F)C1(F)F. The summed E-state index contributed by atoms with van der Waals surface area (Å²) in [5, 5.41) is 0.484. The molecule has 216 valence electrons. The van der Waals surface area contributed by atoms with Crippen molar-refractivity contribution < 1.29 is 26.3 Å². The Morgan fingerprint density at radius 2 is 0.837 bits per heavy atom. The lowest BCUT2D eigenvalue weighted by Crippen LogP contribution is -2.48. The molecule has 6 aromatic rings. The highest BCUT2D eigenvalue weighted by Gasteiger charge is 2.80. The van der Waals surface area contributed by atoms with Crippen molar-refractivity contribution in [2.45, 2.75) is 31.6 Å². The smallest absolute Gasteiger partial charge is 0.194 e. The molecule has 0 atom stereocenters. The first kappa shape index (κ1) is 27.9. The molecular weight excluding hydrogens is 599 g/mol. The van der Waals surface area contributed by atoms with Crippen LogP contribution in [0.4, 0.5) is 26.3 Å². The first-order valence-electron chi connectivity index (χ1n) is 13.5. The van der Waals surface area contributed by atoms with Crippen molar-refractivity contribution in [3.05, 3.63) is 118 Å². The van der Waals surface area contributed by atoms with Crippen LogP contribution in [0.5, 0.6) is 0 Å². The van der Waals surface area contributed by atoms with Gasteiger partial charge >= 0.3 is 17.8 Å². The van der Waals surface area contributed by atoms with Crippen molar-refractivity contribution in [2.24, 2.45) is 0 Å². The number of benzene rings is 4. The summed E-state index contributed by atoms with van der Waals surface area (Å²) in [7, 11) is 0. The zero-order chi connectivity index (χ0) is 30.3. The second-order valence-electron chi connectivity index (χ2n) is 10.7. The van der Waals surface area contributed by atoms with E-state index in [4.69, 9.17) is 0 Å². The van der Waals surface area contributed by atoms with E-state index in [-0.39, 0.29) is 31.7 Å². The van der Waals surface area contributed by atoms with Crippen molar-refractivity contribution >= 4 is 54.0 Å². The fraction of sp³-hybridized carbons (Fsp3) is 0.143. The van der Waals surface area contributed by atoms with Crippen molar-refractivity contribution in [1.29, 1.82) is 0 Å². The van der Waals surface area contributed by atoms with Gasteiger partial charge in [0.1, 0.15) is 0 Å². The van der Waals surface area contributed by atoms with Crippen LogP contribution < -0.4 is 0 Å². The predicted molar refractivity (Wildman–Crippen MR) is 166 cm³/mol. The van der Waals surface area contributed by atoms with Gasteiger partial charge in [0.2, 0.25) is 0 Å². The average molecular weight is 621 g/mol. The zero-order valence-electron chi connectivity index (χ0n) is 22.8. The molecule has 7 rings (SSSR count). The Balaban J connectivity index is 1.51. The summed E-state index contributed by atoms with van der Waals surface area (Å²) in [4.78, 5) is 0.536. The maximum atomic E-state index is 15.9. The normalized spacial score (nSPS) is 17.3. The summed E-state index contributed by atoms with van der Waals surface area (Å²) >= 11 is 2.25. The Morgan fingerprint density at radius 1 is 0.465 bits per heavy atom. The third kappa shape index (κ3) is 3.96. The van der Waals surface area contributed by atoms with E-state index in [1.54, 1.807) is 36.4 Å². The van der Waals surface area contributed by atoms with Gasteiger partial charge in [-0.05, 0) is 48.2 Å². The van der Waals surface area contributed by atoms with Crippen LogP contribution in [-0.2, 0) is 0 Å². The van der Waals surface area contributed by atoms with Gasteiger partial charge in [-0.2, -0.15) is 26.3 Å². The highest BCUT2D eigenvalue weighted by Crippen LogP contribution is 2.67. The highest BCUT2D eigenvalue weighted by molar-refractivity contribution is 7.19. The van der Waals surface area contributed by atoms with Crippen molar-refractivity contribution in [3.8, 4) is 22.3 Å². The molecule has 0 radical (unpaired) electrons. The first-order valence-corrected chi connectivity index (χ1v) is 15.1. The van der Waals surface area contributed by atoms with Gasteiger partial charge in [0.15, 0.2) is 0 Å². The molecule has 4 aromatic carbocycles. The van der Waals surface area contributed by atoms with Gasteiger partial charge in [-0.15, -0.1) is 22.7 Å². The lowest BCUT2D eigenvalue weighted by atomic mass is 9.91. The summed E-state index contributed by atoms with van der Waals surface area (Å²) in [5.41, 5.74) is 0.276. The number of rotatable bonds is 4. The molecule has 0 N–H and O–H groups in total. The number of aryl methyl sites for hydroxylation is 2. The Kier molecular flexibility index (Phi) is 6.21. The summed E-state index contributed by atoms with van der Waals surface area (Å²) in [6.07, 6.45) is 0. The van der Waals surface area contributed by atoms with Crippen molar-refractivity contribution in [3.63, 3.8) is 0 Å². The van der Waals surface area contributed by atoms with E-state index in [1.165, 1.54) is 13.8 Å². The number of halogens is 6. The number of allylic oxidation sites excluding steroid dienone is 2. The maximum Gasteiger partial charge on any atom is 0.380 e. The van der Waals surface area contributed by atoms with E-state index in [0.29, 0.717) is 9.40 Å². The molecule has 43 heavy (non-hydrogen) atoms. The van der Waals surface area contributed by atoms with Crippen LogP contribution in [0.2, 0.25) is 0 Å². The minimum Gasteiger partial charge on any atom is -0.194 e. The molecule has 2 aromatic heterocycles. The van der Waals surface area contributed by atoms with E-state index >= 15 is 26.3 Å². The van der Waals surface area contributed by atoms with E-state index in [1.807, 2.05) is 60.7 Å². The quantitative estimate of drug-likeness (QED) is 0.172. The molecule has 0 aliphatic heterocycles. The lowest BCUT2D eigenvalue weighted by molar-refractivity contribution is -0.254. The minimum absolute atomic E-state index is 0.242. The van der Waals surface area contributed by atoms with Gasteiger partial charge in [0.05, 0.1) is 0 Å². The maximum absolute atomic E-state index is 15.9. The second-order valence-corrected chi connectivity index (χ2v) is 13.2. The molecule has 0 amide bonds. The van der Waals surface area contributed by atoms with Crippen LogP contribution in [-0.4, -0.2) is 17.8 Å². The van der Waals surface area contributed by atoms with Crippen molar-refractivity contribution in [2.75, 3.05) is 0 Å². The van der Waals surface area contributed by atoms with E-state index in [9.17, 15) is 0 Å². The lowest BCUT2D eigenvalue weighted by Gasteiger charge is -2.26. The Morgan fingerprint density at radius 3 is 1.21 bits per heavy atom. The molecule has 1 aliphatic rings. The van der Waals surface area contributed by atoms with Crippen LogP contribution >= 0.6 is 22.7 Å². The monoisotopic (exact) mass is 620 g/mol. The summed E-state index contributed by atoms with van der Waals surface area (Å²) in [6.45, 7) is 3.03. The number of fused-ring (bicyclic) bond motifs is 2. The van der Waals surface area contributed by atoms with Gasteiger partial charge in [0.25, 0.3) is 0 Å². The first-order chi connectivity index (χ1) is 20.4. The Bertz CT molecular complexity index is 1920. The molecule has 1 aliphatic carbocycles. The largest absolute Gasteiger partial charge is 0.380 e.